The second-order valence-electron chi connectivity index (χ2n) is 11.3. The first-order chi connectivity index (χ1) is 20.9. The highest BCUT2D eigenvalue weighted by atomic mass is 19.1. The molecule has 0 saturated carbocycles. The van der Waals surface area contributed by atoms with E-state index in [-0.39, 0.29) is 17.0 Å². The van der Waals surface area contributed by atoms with Gasteiger partial charge >= 0.3 is 0 Å². The van der Waals surface area contributed by atoms with Crippen molar-refractivity contribution in [2.75, 3.05) is 7.11 Å². The molecule has 9 heteroatoms. The second-order valence-corrected chi connectivity index (χ2v) is 11.3. The van der Waals surface area contributed by atoms with Crippen LogP contribution in [0.3, 0.4) is 0 Å². The number of ether oxygens (including phenoxy) is 1. The number of methoxy groups -OCH3 is 1. The van der Waals surface area contributed by atoms with Crippen LogP contribution < -0.4 is 4.74 Å². The number of unbranched alkanes of at least 4 members (excludes halogenated alkanes) is 1. The summed E-state index contributed by atoms with van der Waals surface area (Å²) in [6.07, 6.45) is 8.97. The average molecular weight is 581 g/mol. The van der Waals surface area contributed by atoms with Gasteiger partial charge in [0.25, 0.3) is 0 Å². The predicted octanol–water partition coefficient (Wildman–Crippen LogP) is 7.51. The van der Waals surface area contributed by atoms with E-state index in [1.165, 1.54) is 30.4 Å². The van der Waals surface area contributed by atoms with Crippen LogP contribution in [0.2, 0.25) is 0 Å². The summed E-state index contributed by atoms with van der Waals surface area (Å²) in [5, 5.41) is 9.59. The molecule has 0 aliphatic carbocycles. The van der Waals surface area contributed by atoms with E-state index in [4.69, 9.17) is 4.74 Å². The lowest BCUT2D eigenvalue weighted by atomic mass is 9.75. The third kappa shape index (κ3) is 5.67. The Bertz CT molecular complexity index is 1870. The largest absolute Gasteiger partial charge is 0.493 e. The van der Waals surface area contributed by atoms with Crippen molar-refractivity contribution in [3.05, 3.63) is 119 Å². The van der Waals surface area contributed by atoms with Gasteiger partial charge in [0, 0.05) is 52.2 Å². The van der Waals surface area contributed by atoms with Crippen LogP contribution in [0.25, 0.3) is 22.3 Å². The van der Waals surface area contributed by atoms with E-state index in [9.17, 15) is 8.78 Å². The molecule has 0 radical (unpaired) electrons. The molecule has 43 heavy (non-hydrogen) atoms. The Kier molecular flexibility index (Phi) is 7.80. The van der Waals surface area contributed by atoms with E-state index >= 15 is 0 Å². The maximum absolute atomic E-state index is 14.6. The van der Waals surface area contributed by atoms with Crippen LogP contribution in [0, 0.1) is 18.6 Å². The molecular weight excluding hydrogens is 546 g/mol. The van der Waals surface area contributed by atoms with Crippen molar-refractivity contribution in [3.8, 4) is 17.1 Å². The van der Waals surface area contributed by atoms with Gasteiger partial charge in [-0.1, -0.05) is 53.6 Å². The van der Waals surface area contributed by atoms with Gasteiger partial charge in [0.05, 0.1) is 24.9 Å². The number of benzene rings is 3. The lowest BCUT2D eigenvalue weighted by Gasteiger charge is -2.29. The number of imidazole rings is 1. The van der Waals surface area contributed by atoms with Gasteiger partial charge in [0.2, 0.25) is 0 Å². The van der Waals surface area contributed by atoms with E-state index in [2.05, 4.69) is 63.4 Å². The van der Waals surface area contributed by atoms with Crippen LogP contribution in [0.5, 0.6) is 5.75 Å². The van der Waals surface area contributed by atoms with E-state index in [0.29, 0.717) is 23.4 Å². The average Bonchev–Trinajstić information content (AvgIpc) is 3.77. The zero-order valence-corrected chi connectivity index (χ0v) is 24.5. The third-order valence-corrected chi connectivity index (χ3v) is 8.29. The topological polar surface area (TPSA) is 84.4 Å². The molecule has 3 aromatic carbocycles. The number of halogens is 2. The predicted molar refractivity (Wildman–Crippen MR) is 163 cm³/mol. The minimum atomic E-state index is -0.414. The summed E-state index contributed by atoms with van der Waals surface area (Å²) in [5.74, 6) is 0.0248. The molecule has 7 nitrogen and oxygen atoms in total. The van der Waals surface area contributed by atoms with Crippen LogP contribution in [-0.4, -0.2) is 37.1 Å². The van der Waals surface area contributed by atoms with E-state index < -0.39 is 5.82 Å². The molecule has 1 unspecified atom stereocenters. The summed E-state index contributed by atoms with van der Waals surface area (Å²) in [5.41, 5.74) is 5.72. The van der Waals surface area contributed by atoms with Crippen LogP contribution in [0.4, 0.5) is 8.78 Å². The Balaban J connectivity index is 1.16. The lowest BCUT2D eigenvalue weighted by molar-refractivity contribution is 0.380. The molecule has 3 aromatic heterocycles. The van der Waals surface area contributed by atoms with Crippen molar-refractivity contribution in [1.29, 1.82) is 0 Å². The van der Waals surface area contributed by atoms with Crippen molar-refractivity contribution >= 4 is 10.9 Å². The van der Waals surface area contributed by atoms with Crippen LogP contribution in [0.1, 0.15) is 54.3 Å². The van der Waals surface area contributed by atoms with Crippen molar-refractivity contribution in [2.45, 2.75) is 51.5 Å². The molecule has 0 saturated heterocycles. The highest BCUT2D eigenvalue weighted by Gasteiger charge is 2.31. The van der Waals surface area contributed by atoms with Gasteiger partial charge in [0.15, 0.2) is 11.6 Å². The number of H-pyrrole nitrogens is 2. The molecule has 0 amide bonds. The number of hydrogen-bond acceptors (Lipinski definition) is 4. The fourth-order valence-electron chi connectivity index (χ4n) is 5.89. The Labute approximate surface area is 249 Å². The second kappa shape index (κ2) is 11.8. The number of aromatic amines is 2. The van der Waals surface area contributed by atoms with E-state index in [1.807, 2.05) is 24.5 Å². The van der Waals surface area contributed by atoms with Crippen LogP contribution >= 0.6 is 0 Å². The molecule has 6 aromatic rings. The summed E-state index contributed by atoms with van der Waals surface area (Å²) in [6, 6.07) is 18.5. The number of nitrogens with one attached hydrogen (secondary N) is 2. The summed E-state index contributed by atoms with van der Waals surface area (Å²) < 4.78 is 36.2. The van der Waals surface area contributed by atoms with Gasteiger partial charge < -0.3 is 14.7 Å². The molecule has 0 bridgehead atoms. The van der Waals surface area contributed by atoms with Gasteiger partial charge in [-0.25, -0.2) is 18.4 Å². The van der Waals surface area contributed by atoms with Gasteiger partial charge in [-0.15, -0.1) is 5.10 Å². The third-order valence-electron chi connectivity index (χ3n) is 8.29. The first kappa shape index (κ1) is 28.3. The van der Waals surface area contributed by atoms with Crippen molar-refractivity contribution < 1.29 is 13.5 Å². The van der Waals surface area contributed by atoms with E-state index in [1.54, 1.807) is 23.0 Å². The lowest BCUT2D eigenvalue weighted by Crippen LogP contribution is -2.24. The van der Waals surface area contributed by atoms with Crippen LogP contribution in [0.15, 0.2) is 79.3 Å². The number of rotatable bonds is 11. The summed E-state index contributed by atoms with van der Waals surface area (Å²) in [6.45, 7) is 4.65. The number of aromatic nitrogens is 6. The fraction of sp³-hybridized carbons (Fsp3) is 0.265. The SMILES string of the molecule is COc1c(F)cc2[nH]ccc2c1Cn1cc(CCCCC(C)(c2cccc(C)c2)c2cnc(-c3ccccc3F)[nH]2)nn1. The smallest absolute Gasteiger partial charge is 0.167 e. The van der Waals surface area contributed by atoms with Crippen molar-refractivity contribution in [3.63, 3.8) is 0 Å². The Morgan fingerprint density at radius 1 is 1.00 bits per heavy atom. The molecule has 220 valence electrons. The molecule has 0 fully saturated rings. The maximum atomic E-state index is 14.6. The molecular formula is C34H34F2N6O. The highest BCUT2D eigenvalue weighted by Crippen LogP contribution is 2.38. The van der Waals surface area contributed by atoms with Crippen LogP contribution in [-0.2, 0) is 18.4 Å². The minimum absolute atomic E-state index is 0.219. The fourth-order valence-corrected chi connectivity index (χ4v) is 5.89. The van der Waals surface area contributed by atoms with Gasteiger partial charge in [0.1, 0.15) is 11.6 Å². The number of hydrogen-bond donors (Lipinski definition) is 2. The normalized spacial score (nSPS) is 13.0. The standard InChI is InChI=1S/C34H34F2N6O/c1-22-9-8-10-23(17-22)34(2,31-19-38-33(39-31)26-12-4-5-13-28(26)35)15-7-6-11-24-20-42(41-40-24)21-27-25-14-16-37-30(25)18-29(36)32(27)43-3/h4-5,8-10,12-14,16-20,37H,6-7,11,15,21H2,1-3H3,(H,38,39). The summed E-state index contributed by atoms with van der Waals surface area (Å²) in [4.78, 5) is 11.0. The van der Waals surface area contributed by atoms with E-state index in [0.717, 1.165) is 48.0 Å². The Hall–Kier alpha value is -4.79. The van der Waals surface area contributed by atoms with Gasteiger partial charge in [-0.3, -0.25) is 0 Å². The number of nitrogens with zero attached hydrogens (tertiary/aromatic N) is 4. The molecule has 0 aliphatic rings. The summed E-state index contributed by atoms with van der Waals surface area (Å²) in [7, 11) is 1.47. The van der Waals surface area contributed by atoms with Gasteiger partial charge in [-0.05, 0) is 56.9 Å². The molecule has 6 rings (SSSR count). The first-order valence-electron chi connectivity index (χ1n) is 14.4. The van der Waals surface area contributed by atoms with Crippen molar-refractivity contribution in [2.24, 2.45) is 0 Å². The molecule has 3 heterocycles. The maximum Gasteiger partial charge on any atom is 0.167 e. The molecule has 0 spiro atoms. The minimum Gasteiger partial charge on any atom is -0.493 e. The first-order valence-corrected chi connectivity index (χ1v) is 14.4. The molecule has 1 atom stereocenters. The van der Waals surface area contributed by atoms with Crippen molar-refractivity contribution in [1.82, 2.24) is 29.9 Å². The number of aryl methyl sites for hydroxylation is 2. The molecule has 0 aliphatic heterocycles. The monoisotopic (exact) mass is 580 g/mol. The quantitative estimate of drug-likeness (QED) is 0.155. The Morgan fingerprint density at radius 3 is 2.67 bits per heavy atom. The zero-order chi connectivity index (χ0) is 30.0. The number of fused-ring (bicyclic) bond motifs is 1. The highest BCUT2D eigenvalue weighted by molar-refractivity contribution is 5.85. The molecule has 2 N–H and O–H groups in total. The van der Waals surface area contributed by atoms with Gasteiger partial charge in [-0.2, -0.15) is 0 Å². The zero-order valence-electron chi connectivity index (χ0n) is 24.5. The summed E-state index contributed by atoms with van der Waals surface area (Å²) >= 11 is 0. The Morgan fingerprint density at radius 2 is 1.86 bits per heavy atom.